The van der Waals surface area contributed by atoms with E-state index in [4.69, 9.17) is 30.4 Å². The Kier molecular flexibility index (Phi) is 5.15. The van der Waals surface area contributed by atoms with Crippen molar-refractivity contribution in [3.05, 3.63) is 63.9 Å². The molecule has 2 heterocycles. The highest BCUT2D eigenvalue weighted by Crippen LogP contribution is 2.24. The van der Waals surface area contributed by atoms with Crippen LogP contribution < -0.4 is 16.6 Å². The van der Waals surface area contributed by atoms with Crippen molar-refractivity contribution in [2.24, 2.45) is 5.73 Å². The number of aryl methyl sites for hydroxylation is 1. The fourth-order valence-corrected chi connectivity index (χ4v) is 2.85. The van der Waals surface area contributed by atoms with Crippen LogP contribution in [-0.4, -0.2) is 34.4 Å². The number of amides is 2. The van der Waals surface area contributed by atoms with Gasteiger partial charge < -0.3 is 11.1 Å². The van der Waals surface area contributed by atoms with Crippen LogP contribution in [0.5, 0.6) is 0 Å². The van der Waals surface area contributed by atoms with Crippen LogP contribution in [0.15, 0.2) is 36.5 Å². The van der Waals surface area contributed by atoms with Crippen LogP contribution in [0.3, 0.4) is 0 Å². The number of rotatable bonds is 4. The molecule has 10 heteroatoms. The zero-order valence-electron chi connectivity index (χ0n) is 14.6. The molecule has 3 N–H and O–H groups in total. The predicted octanol–water partition coefficient (Wildman–Crippen LogP) is 1.25. The second-order valence-corrected chi connectivity index (χ2v) is 6.23. The summed E-state index contributed by atoms with van der Waals surface area (Å²) in [7, 11) is 5.75. The standard InChI is InChI=1S/C18H12BClN6O2/c1-9-5-10(8-21)6-11(16(22)27)15(9)24-18(28)13-7-14(19)25-26(13)17-12(20)3-2-4-23-17/h2-7H,1H3,(H2,22,27)(H,24,28). The van der Waals surface area contributed by atoms with Crippen molar-refractivity contribution >= 4 is 42.5 Å². The van der Waals surface area contributed by atoms with Crippen molar-refractivity contribution in [2.45, 2.75) is 6.92 Å². The van der Waals surface area contributed by atoms with E-state index in [2.05, 4.69) is 15.4 Å². The first kappa shape index (κ1) is 19.1. The Balaban J connectivity index is 2.06. The second-order valence-electron chi connectivity index (χ2n) is 5.82. The molecule has 3 rings (SSSR count). The number of hydrogen-bond acceptors (Lipinski definition) is 5. The van der Waals surface area contributed by atoms with E-state index >= 15 is 0 Å². The van der Waals surface area contributed by atoms with Crippen molar-refractivity contribution < 1.29 is 9.59 Å². The van der Waals surface area contributed by atoms with E-state index in [1.54, 1.807) is 19.1 Å². The molecule has 0 atom stereocenters. The maximum absolute atomic E-state index is 12.9. The van der Waals surface area contributed by atoms with Gasteiger partial charge in [-0.3, -0.25) is 9.59 Å². The number of primary amides is 1. The van der Waals surface area contributed by atoms with E-state index < -0.39 is 11.8 Å². The third kappa shape index (κ3) is 3.58. The molecule has 2 amide bonds. The Morgan fingerprint density at radius 2 is 2.11 bits per heavy atom. The summed E-state index contributed by atoms with van der Waals surface area (Å²) in [5, 5.41) is 16.0. The maximum Gasteiger partial charge on any atom is 0.274 e. The van der Waals surface area contributed by atoms with Crippen molar-refractivity contribution in [3.63, 3.8) is 0 Å². The molecule has 0 spiro atoms. The summed E-state index contributed by atoms with van der Waals surface area (Å²) in [6.45, 7) is 1.64. The van der Waals surface area contributed by atoms with Gasteiger partial charge in [0.2, 0.25) is 0 Å². The molecular weight excluding hydrogens is 379 g/mol. The highest BCUT2D eigenvalue weighted by Gasteiger charge is 2.21. The fourth-order valence-electron chi connectivity index (χ4n) is 2.65. The Hall–Kier alpha value is -3.64. The summed E-state index contributed by atoms with van der Waals surface area (Å²) in [5.74, 6) is -1.17. The van der Waals surface area contributed by atoms with E-state index in [0.717, 1.165) is 0 Å². The molecule has 0 fully saturated rings. The van der Waals surface area contributed by atoms with Crippen LogP contribution in [0.1, 0.15) is 32.0 Å². The second kappa shape index (κ2) is 7.54. The monoisotopic (exact) mass is 390 g/mol. The Morgan fingerprint density at radius 3 is 2.75 bits per heavy atom. The smallest absolute Gasteiger partial charge is 0.274 e. The quantitative estimate of drug-likeness (QED) is 0.648. The number of carbonyl (C=O) groups excluding carboxylic acids is 2. The number of anilines is 1. The molecular formula is C18H12BClN6O2. The fraction of sp³-hybridized carbons (Fsp3) is 0.0556. The maximum atomic E-state index is 12.9. The number of nitriles is 1. The van der Waals surface area contributed by atoms with Gasteiger partial charge in [0.05, 0.1) is 27.9 Å². The largest absolute Gasteiger partial charge is 0.366 e. The molecule has 2 aromatic heterocycles. The average molecular weight is 391 g/mol. The minimum absolute atomic E-state index is 0.0137. The number of pyridine rings is 1. The third-order valence-electron chi connectivity index (χ3n) is 3.87. The molecule has 0 aliphatic rings. The molecule has 0 saturated carbocycles. The number of halogens is 1. The number of benzene rings is 1. The van der Waals surface area contributed by atoms with E-state index in [-0.39, 0.29) is 38.9 Å². The van der Waals surface area contributed by atoms with Crippen LogP contribution in [0.2, 0.25) is 5.02 Å². The van der Waals surface area contributed by atoms with Gasteiger partial charge in [0.1, 0.15) is 13.5 Å². The molecule has 136 valence electrons. The number of aromatic nitrogens is 3. The zero-order valence-corrected chi connectivity index (χ0v) is 15.4. The lowest BCUT2D eigenvalue weighted by Gasteiger charge is -2.13. The molecule has 2 radical (unpaired) electrons. The van der Waals surface area contributed by atoms with Gasteiger partial charge in [0.25, 0.3) is 11.8 Å². The Labute approximate surface area is 166 Å². The minimum atomic E-state index is -0.781. The van der Waals surface area contributed by atoms with Crippen LogP contribution in [-0.2, 0) is 0 Å². The molecule has 0 aliphatic heterocycles. The van der Waals surface area contributed by atoms with Crippen LogP contribution in [0, 0.1) is 18.3 Å². The first-order valence-corrected chi connectivity index (χ1v) is 8.32. The first-order valence-electron chi connectivity index (χ1n) is 7.94. The molecule has 0 bridgehead atoms. The topological polar surface area (TPSA) is 127 Å². The highest BCUT2D eigenvalue weighted by atomic mass is 35.5. The molecule has 0 unspecified atom stereocenters. The van der Waals surface area contributed by atoms with Crippen molar-refractivity contribution in [1.82, 2.24) is 14.8 Å². The summed E-state index contributed by atoms with van der Waals surface area (Å²) < 4.78 is 1.20. The molecule has 0 aliphatic carbocycles. The molecule has 0 saturated heterocycles. The van der Waals surface area contributed by atoms with Gasteiger partial charge >= 0.3 is 0 Å². The first-order chi connectivity index (χ1) is 13.3. The van der Waals surface area contributed by atoms with Gasteiger partial charge in [-0.15, -0.1) is 0 Å². The third-order valence-corrected chi connectivity index (χ3v) is 4.16. The van der Waals surface area contributed by atoms with Crippen molar-refractivity contribution in [3.8, 4) is 11.9 Å². The molecule has 1 aromatic carbocycles. The lowest BCUT2D eigenvalue weighted by atomic mass is 10.0. The number of nitrogens with one attached hydrogen (secondary N) is 1. The SMILES string of the molecule is [B]c1cc(C(=O)Nc2c(C)cc(C#N)cc2C(N)=O)n(-c2ncccc2Cl)n1. The van der Waals surface area contributed by atoms with Crippen LogP contribution in [0.4, 0.5) is 5.69 Å². The molecule has 8 nitrogen and oxygen atoms in total. The lowest BCUT2D eigenvalue weighted by Crippen LogP contribution is -2.22. The van der Waals surface area contributed by atoms with Gasteiger partial charge in [0, 0.05) is 11.8 Å². The number of nitrogens with zero attached hydrogens (tertiary/aromatic N) is 4. The van der Waals surface area contributed by atoms with Gasteiger partial charge in [-0.05, 0) is 42.8 Å². The Bertz CT molecular complexity index is 1150. The van der Waals surface area contributed by atoms with Gasteiger partial charge in [-0.25, -0.2) is 9.67 Å². The van der Waals surface area contributed by atoms with Gasteiger partial charge in [0.15, 0.2) is 5.82 Å². The summed E-state index contributed by atoms with van der Waals surface area (Å²) in [6, 6.07) is 9.37. The number of hydrogen-bond donors (Lipinski definition) is 2. The lowest BCUT2D eigenvalue weighted by molar-refractivity contribution is 0.100. The van der Waals surface area contributed by atoms with Crippen molar-refractivity contribution in [1.29, 1.82) is 5.26 Å². The van der Waals surface area contributed by atoms with E-state index in [1.165, 1.54) is 29.1 Å². The summed E-state index contributed by atoms with van der Waals surface area (Å²) in [5.41, 5.74) is 6.49. The summed E-state index contributed by atoms with van der Waals surface area (Å²) in [4.78, 5) is 28.8. The van der Waals surface area contributed by atoms with E-state index in [0.29, 0.717) is 5.56 Å². The van der Waals surface area contributed by atoms with E-state index in [1.807, 2.05) is 6.07 Å². The van der Waals surface area contributed by atoms with E-state index in [9.17, 15) is 9.59 Å². The zero-order chi connectivity index (χ0) is 20.4. The van der Waals surface area contributed by atoms with Gasteiger partial charge in [-0.2, -0.15) is 10.4 Å². The van der Waals surface area contributed by atoms with Gasteiger partial charge in [-0.1, -0.05) is 11.6 Å². The average Bonchev–Trinajstić information content (AvgIpc) is 3.04. The molecule has 3 aromatic rings. The Morgan fingerprint density at radius 1 is 1.36 bits per heavy atom. The minimum Gasteiger partial charge on any atom is -0.366 e. The number of nitrogens with two attached hydrogens (primary N) is 1. The molecule has 28 heavy (non-hydrogen) atoms. The predicted molar refractivity (Wildman–Crippen MR) is 104 cm³/mol. The van der Waals surface area contributed by atoms with Crippen LogP contribution in [0.25, 0.3) is 5.82 Å². The highest BCUT2D eigenvalue weighted by molar-refractivity contribution is 6.32. The number of carbonyl (C=O) groups is 2. The summed E-state index contributed by atoms with van der Waals surface area (Å²) >= 11 is 6.14. The van der Waals surface area contributed by atoms with Crippen LogP contribution >= 0.6 is 11.6 Å². The van der Waals surface area contributed by atoms with Crippen molar-refractivity contribution in [2.75, 3.05) is 5.32 Å². The summed E-state index contributed by atoms with van der Waals surface area (Å²) in [6.07, 6.45) is 1.50. The normalized spacial score (nSPS) is 10.3.